The van der Waals surface area contributed by atoms with Crippen LogP contribution in [0.5, 0.6) is 5.75 Å². The minimum absolute atomic E-state index is 0.152. The number of rotatable bonds is 3. The Labute approximate surface area is 131 Å². The van der Waals surface area contributed by atoms with Crippen molar-refractivity contribution in [3.63, 3.8) is 0 Å². The summed E-state index contributed by atoms with van der Waals surface area (Å²) in [5.41, 5.74) is 4.48. The molecule has 0 bridgehead atoms. The summed E-state index contributed by atoms with van der Waals surface area (Å²) in [6.45, 7) is 0. The number of nitrogens with one attached hydrogen (secondary N) is 1. The van der Waals surface area contributed by atoms with Crippen molar-refractivity contribution in [3.8, 4) is 5.75 Å². The maximum Gasteiger partial charge on any atom is 0.271 e. The average molecular weight is 300 g/mol. The van der Waals surface area contributed by atoms with Crippen LogP contribution in [-0.2, 0) is 0 Å². The minimum Gasteiger partial charge on any atom is -0.497 e. The van der Waals surface area contributed by atoms with Gasteiger partial charge in [0.15, 0.2) is 0 Å². The number of benzene rings is 1. The Morgan fingerprint density at radius 3 is 2.59 bits per heavy atom. The van der Waals surface area contributed by atoms with Gasteiger partial charge in [0.2, 0.25) is 0 Å². The van der Waals surface area contributed by atoms with Crippen LogP contribution < -0.4 is 10.2 Å². The number of hydrogen-bond acceptors (Lipinski definition) is 3. The Balaban J connectivity index is 1.57. The van der Waals surface area contributed by atoms with Crippen molar-refractivity contribution in [1.82, 2.24) is 5.43 Å². The fraction of sp³-hybridized carbons (Fsp3) is 0.556. The Hall–Kier alpha value is -1.84. The van der Waals surface area contributed by atoms with Crippen LogP contribution in [0.15, 0.2) is 29.4 Å². The van der Waals surface area contributed by atoms with E-state index in [2.05, 4.69) is 10.5 Å². The van der Waals surface area contributed by atoms with Crippen LogP contribution in [-0.4, -0.2) is 18.7 Å². The lowest BCUT2D eigenvalue weighted by Gasteiger charge is -2.35. The van der Waals surface area contributed by atoms with Gasteiger partial charge < -0.3 is 4.74 Å². The second-order valence-corrected chi connectivity index (χ2v) is 6.39. The Morgan fingerprint density at radius 2 is 1.86 bits per heavy atom. The Bertz CT molecular complexity index is 551. The van der Waals surface area contributed by atoms with Crippen molar-refractivity contribution < 1.29 is 9.53 Å². The summed E-state index contributed by atoms with van der Waals surface area (Å²) in [5, 5.41) is 4.38. The molecule has 1 aromatic rings. The van der Waals surface area contributed by atoms with Crippen LogP contribution in [0, 0.1) is 11.8 Å². The van der Waals surface area contributed by atoms with Crippen LogP contribution >= 0.6 is 0 Å². The number of hydrazone groups is 1. The smallest absolute Gasteiger partial charge is 0.271 e. The van der Waals surface area contributed by atoms with Gasteiger partial charge in [-0.15, -0.1) is 0 Å². The zero-order valence-electron chi connectivity index (χ0n) is 13.2. The molecule has 0 unspecified atom stereocenters. The molecule has 118 valence electrons. The molecule has 0 heterocycles. The molecular weight excluding hydrogens is 276 g/mol. The van der Waals surface area contributed by atoms with E-state index in [-0.39, 0.29) is 5.91 Å². The standard InChI is InChI=1S/C18H24N2O2/c1-22-17-10-7-14(8-11-17)18(21)20-19-16-9-6-13-4-2-3-5-15(13)12-16/h7-8,10-11,13,15H,2-6,9,12H2,1H3,(H,20,21)/b19-16-/t13-,15-/m0/s1. The lowest BCUT2D eigenvalue weighted by Crippen LogP contribution is -2.29. The number of amides is 1. The molecule has 0 saturated heterocycles. The highest BCUT2D eigenvalue weighted by atomic mass is 16.5. The number of ether oxygens (including phenoxy) is 1. The van der Waals surface area contributed by atoms with E-state index >= 15 is 0 Å². The summed E-state index contributed by atoms with van der Waals surface area (Å²) in [4.78, 5) is 12.1. The maximum atomic E-state index is 12.1. The van der Waals surface area contributed by atoms with Crippen LogP contribution in [0.2, 0.25) is 0 Å². The van der Waals surface area contributed by atoms with Gasteiger partial charge >= 0.3 is 0 Å². The van der Waals surface area contributed by atoms with E-state index in [0.29, 0.717) is 5.56 Å². The zero-order valence-corrected chi connectivity index (χ0v) is 13.2. The molecule has 0 aliphatic heterocycles. The molecule has 4 nitrogen and oxygen atoms in total. The number of fused-ring (bicyclic) bond motifs is 1. The fourth-order valence-electron chi connectivity index (χ4n) is 3.73. The predicted octanol–water partition coefficient (Wildman–Crippen LogP) is 3.77. The van der Waals surface area contributed by atoms with Gasteiger partial charge in [0.05, 0.1) is 7.11 Å². The van der Waals surface area contributed by atoms with Gasteiger partial charge in [0.1, 0.15) is 5.75 Å². The molecule has 2 atom stereocenters. The maximum absolute atomic E-state index is 12.1. The first-order chi connectivity index (χ1) is 10.8. The van der Waals surface area contributed by atoms with Gasteiger partial charge in [-0.3, -0.25) is 4.79 Å². The van der Waals surface area contributed by atoms with Crippen molar-refractivity contribution >= 4 is 11.6 Å². The number of nitrogens with zero attached hydrogens (tertiary/aromatic N) is 1. The minimum atomic E-state index is -0.152. The van der Waals surface area contributed by atoms with Gasteiger partial charge in [0.25, 0.3) is 5.91 Å². The zero-order chi connectivity index (χ0) is 15.4. The molecule has 2 saturated carbocycles. The van der Waals surface area contributed by atoms with Crippen molar-refractivity contribution in [2.45, 2.75) is 44.9 Å². The van der Waals surface area contributed by atoms with Crippen molar-refractivity contribution in [2.24, 2.45) is 16.9 Å². The lowest BCUT2D eigenvalue weighted by molar-refractivity contribution is 0.0954. The van der Waals surface area contributed by atoms with Crippen LogP contribution in [0.4, 0.5) is 0 Å². The molecule has 2 fully saturated rings. The van der Waals surface area contributed by atoms with Gasteiger partial charge in [-0.25, -0.2) is 5.43 Å². The Kier molecular flexibility index (Phi) is 4.76. The molecule has 1 N–H and O–H groups in total. The molecule has 2 aliphatic rings. The lowest BCUT2D eigenvalue weighted by atomic mass is 9.70. The summed E-state index contributed by atoms with van der Waals surface area (Å²) < 4.78 is 5.10. The van der Waals surface area contributed by atoms with Crippen molar-refractivity contribution in [3.05, 3.63) is 29.8 Å². The molecule has 1 aromatic carbocycles. The third kappa shape index (κ3) is 3.49. The molecule has 3 rings (SSSR count). The quantitative estimate of drug-likeness (QED) is 0.864. The number of carbonyl (C=O) groups is 1. The summed E-state index contributed by atoms with van der Waals surface area (Å²) in [6, 6.07) is 7.09. The summed E-state index contributed by atoms with van der Waals surface area (Å²) in [5.74, 6) is 2.28. The monoisotopic (exact) mass is 300 g/mol. The molecule has 2 aliphatic carbocycles. The number of carbonyl (C=O) groups excluding carboxylic acids is 1. The topological polar surface area (TPSA) is 50.7 Å². The van der Waals surface area contributed by atoms with E-state index in [4.69, 9.17) is 4.74 Å². The first kappa shape index (κ1) is 15.1. The second-order valence-electron chi connectivity index (χ2n) is 6.39. The van der Waals surface area contributed by atoms with E-state index < -0.39 is 0 Å². The Morgan fingerprint density at radius 1 is 1.14 bits per heavy atom. The highest BCUT2D eigenvalue weighted by Crippen LogP contribution is 2.39. The highest BCUT2D eigenvalue weighted by Gasteiger charge is 2.30. The SMILES string of the molecule is COc1ccc(C(=O)N/N=C2/CC[C@@H]3CCCC[C@H]3C2)cc1. The molecular formula is C18H24N2O2. The largest absolute Gasteiger partial charge is 0.497 e. The van der Waals surface area contributed by atoms with Crippen molar-refractivity contribution in [2.75, 3.05) is 7.11 Å². The summed E-state index contributed by atoms with van der Waals surface area (Å²) >= 11 is 0. The highest BCUT2D eigenvalue weighted by molar-refractivity contribution is 5.95. The van der Waals surface area contributed by atoms with E-state index in [0.717, 1.165) is 36.1 Å². The molecule has 0 spiro atoms. The van der Waals surface area contributed by atoms with Crippen molar-refractivity contribution in [1.29, 1.82) is 0 Å². The summed E-state index contributed by atoms with van der Waals surface area (Å²) in [7, 11) is 1.61. The van der Waals surface area contributed by atoms with Crippen LogP contribution in [0.1, 0.15) is 55.3 Å². The molecule has 1 amide bonds. The molecule has 0 aromatic heterocycles. The van der Waals surface area contributed by atoms with Gasteiger partial charge in [0, 0.05) is 11.3 Å². The van der Waals surface area contributed by atoms with E-state index in [1.165, 1.54) is 32.1 Å². The number of methoxy groups -OCH3 is 1. The van der Waals surface area contributed by atoms with Gasteiger partial charge in [-0.1, -0.05) is 19.3 Å². The van der Waals surface area contributed by atoms with Gasteiger partial charge in [-0.2, -0.15) is 5.10 Å². The first-order valence-corrected chi connectivity index (χ1v) is 8.26. The summed E-state index contributed by atoms with van der Waals surface area (Å²) in [6.07, 6.45) is 8.79. The molecule has 0 radical (unpaired) electrons. The van der Waals surface area contributed by atoms with E-state index in [9.17, 15) is 4.79 Å². The van der Waals surface area contributed by atoms with Gasteiger partial charge in [-0.05, 0) is 61.8 Å². The number of hydrogen-bond donors (Lipinski definition) is 1. The fourth-order valence-corrected chi connectivity index (χ4v) is 3.73. The van der Waals surface area contributed by atoms with Crippen LogP contribution in [0.3, 0.4) is 0 Å². The van der Waals surface area contributed by atoms with E-state index in [1.807, 2.05) is 0 Å². The van der Waals surface area contributed by atoms with Crippen LogP contribution in [0.25, 0.3) is 0 Å². The third-order valence-electron chi connectivity index (χ3n) is 5.04. The normalized spacial score (nSPS) is 26.3. The second kappa shape index (κ2) is 6.95. The predicted molar refractivity (Wildman–Crippen MR) is 87.2 cm³/mol. The third-order valence-corrected chi connectivity index (χ3v) is 5.04. The average Bonchev–Trinajstić information content (AvgIpc) is 2.59. The molecule has 4 heteroatoms. The molecule has 22 heavy (non-hydrogen) atoms. The first-order valence-electron chi connectivity index (χ1n) is 8.26. The van der Waals surface area contributed by atoms with E-state index in [1.54, 1.807) is 31.4 Å².